The number of phenols is 1. The summed E-state index contributed by atoms with van der Waals surface area (Å²) < 4.78 is 11.2. The molecule has 0 amide bonds. The number of rotatable bonds is 6. The third kappa shape index (κ3) is 3.41. The van der Waals surface area contributed by atoms with E-state index in [-0.39, 0.29) is 23.1 Å². The molecule has 5 nitrogen and oxygen atoms in total. The van der Waals surface area contributed by atoms with Crippen LogP contribution in [0.1, 0.15) is 80.3 Å². The van der Waals surface area contributed by atoms with Gasteiger partial charge in [0, 0.05) is 11.5 Å². The van der Waals surface area contributed by atoms with Crippen molar-refractivity contribution in [3.63, 3.8) is 0 Å². The van der Waals surface area contributed by atoms with Gasteiger partial charge in [-0.15, -0.1) is 0 Å². The highest BCUT2D eigenvalue weighted by Crippen LogP contribution is 2.57. The number of carbonyl (C=O) groups is 1. The van der Waals surface area contributed by atoms with Gasteiger partial charge in [-0.1, -0.05) is 31.9 Å². The zero-order chi connectivity index (χ0) is 20.6. The minimum absolute atomic E-state index is 0.0627. The Morgan fingerprint density at radius 2 is 2.14 bits per heavy atom. The van der Waals surface area contributed by atoms with Crippen LogP contribution < -0.4 is 4.74 Å². The number of methoxy groups -OCH3 is 1. The molecule has 1 fully saturated rings. The number of unbranched alkanes of at least 4 members (excludes halogenated alkanes) is 2. The molecule has 1 aliphatic heterocycles. The summed E-state index contributed by atoms with van der Waals surface area (Å²) in [5.74, 6) is -0.185. The number of fused-ring (bicyclic) bond motifs is 3. The first-order valence-corrected chi connectivity index (χ1v) is 10.2. The first-order valence-electron chi connectivity index (χ1n) is 10.2. The van der Waals surface area contributed by atoms with Gasteiger partial charge in [-0.25, -0.2) is 4.79 Å². The molecule has 1 heterocycles. The summed E-state index contributed by atoms with van der Waals surface area (Å²) in [6, 6.07) is 1.86. The van der Waals surface area contributed by atoms with Crippen LogP contribution in [-0.4, -0.2) is 35.0 Å². The molecular weight excluding hydrogens is 356 g/mol. The highest BCUT2D eigenvalue weighted by atomic mass is 16.5. The van der Waals surface area contributed by atoms with E-state index >= 15 is 0 Å². The average Bonchev–Trinajstić information content (AvgIpc) is 3.02. The van der Waals surface area contributed by atoms with E-state index in [1.54, 1.807) is 6.92 Å². The standard InChI is InChI=1S/C23H32O5/c1-6-7-8-9-14-12-16-19(20(24)17(14)22(25)27-5)18-15(13(2)3)10-11-23(4,26)21(18)28-16/h12,15,18,21,24,26H,2,6-11H2,1,3-5H3. The summed E-state index contributed by atoms with van der Waals surface area (Å²) >= 11 is 0. The van der Waals surface area contributed by atoms with Crippen LogP contribution in [0.5, 0.6) is 11.5 Å². The monoisotopic (exact) mass is 388 g/mol. The summed E-state index contributed by atoms with van der Waals surface area (Å²) in [6.45, 7) is 9.99. The number of ether oxygens (including phenoxy) is 2. The van der Waals surface area contributed by atoms with Crippen molar-refractivity contribution in [3.05, 3.63) is 34.9 Å². The number of carbonyl (C=O) groups excluding carboxylic acids is 1. The van der Waals surface area contributed by atoms with Crippen molar-refractivity contribution in [3.8, 4) is 11.5 Å². The first kappa shape index (κ1) is 20.7. The molecule has 4 unspecified atom stereocenters. The number of esters is 1. The molecule has 1 aromatic carbocycles. The minimum atomic E-state index is -1.00. The fraction of sp³-hybridized carbons (Fsp3) is 0.609. The van der Waals surface area contributed by atoms with Gasteiger partial charge in [-0.05, 0) is 57.1 Å². The maximum Gasteiger partial charge on any atom is 0.341 e. The Kier molecular flexibility index (Phi) is 5.76. The molecule has 1 aliphatic carbocycles. The lowest BCUT2D eigenvalue weighted by Crippen LogP contribution is -2.50. The van der Waals surface area contributed by atoms with Crippen LogP contribution in [0, 0.1) is 5.92 Å². The zero-order valence-corrected chi connectivity index (χ0v) is 17.4. The molecule has 0 radical (unpaired) electrons. The molecule has 2 aliphatic rings. The molecule has 0 spiro atoms. The molecule has 0 aromatic heterocycles. The molecule has 1 aromatic rings. The van der Waals surface area contributed by atoms with Gasteiger partial charge >= 0.3 is 5.97 Å². The van der Waals surface area contributed by atoms with Gasteiger partial charge < -0.3 is 19.7 Å². The number of allylic oxidation sites excluding steroid dienone is 1. The maximum atomic E-state index is 12.5. The van der Waals surface area contributed by atoms with Crippen LogP contribution >= 0.6 is 0 Å². The molecule has 154 valence electrons. The predicted octanol–water partition coefficient (Wildman–Crippen LogP) is 4.49. The van der Waals surface area contributed by atoms with Crippen molar-refractivity contribution in [1.29, 1.82) is 0 Å². The van der Waals surface area contributed by atoms with Crippen LogP contribution in [0.15, 0.2) is 18.2 Å². The van der Waals surface area contributed by atoms with Gasteiger partial charge in [0.05, 0.1) is 12.7 Å². The quantitative estimate of drug-likeness (QED) is 0.426. The first-order chi connectivity index (χ1) is 13.2. The third-order valence-corrected chi connectivity index (χ3v) is 6.38. The molecule has 1 saturated carbocycles. The highest BCUT2D eigenvalue weighted by molar-refractivity contribution is 5.95. The molecule has 2 N–H and O–H groups in total. The minimum Gasteiger partial charge on any atom is -0.507 e. The Morgan fingerprint density at radius 1 is 1.43 bits per heavy atom. The number of aromatic hydroxyl groups is 1. The Hall–Kier alpha value is -2.01. The predicted molar refractivity (Wildman–Crippen MR) is 108 cm³/mol. The molecular formula is C23H32O5. The smallest absolute Gasteiger partial charge is 0.341 e. The van der Waals surface area contributed by atoms with Crippen LogP contribution in [0.3, 0.4) is 0 Å². The van der Waals surface area contributed by atoms with E-state index in [4.69, 9.17) is 9.47 Å². The molecule has 4 atom stereocenters. The molecule has 3 rings (SSSR count). The maximum absolute atomic E-state index is 12.5. The van der Waals surface area contributed by atoms with E-state index in [0.717, 1.165) is 36.8 Å². The topological polar surface area (TPSA) is 76.0 Å². The van der Waals surface area contributed by atoms with Crippen molar-refractivity contribution in [2.24, 2.45) is 5.92 Å². The Balaban J connectivity index is 2.14. The zero-order valence-electron chi connectivity index (χ0n) is 17.4. The lowest BCUT2D eigenvalue weighted by atomic mass is 9.66. The van der Waals surface area contributed by atoms with Gasteiger partial charge in [-0.2, -0.15) is 0 Å². The number of aryl methyl sites for hydroxylation is 1. The Labute approximate surface area is 167 Å². The summed E-state index contributed by atoms with van der Waals surface area (Å²) in [4.78, 5) is 12.5. The molecule has 5 heteroatoms. The van der Waals surface area contributed by atoms with Gasteiger partial charge in [0.1, 0.15) is 23.2 Å². The number of benzene rings is 1. The average molecular weight is 389 g/mol. The third-order valence-electron chi connectivity index (χ3n) is 6.38. The number of hydrogen-bond donors (Lipinski definition) is 2. The summed E-state index contributed by atoms with van der Waals surface area (Å²) in [6.07, 6.45) is 4.58. The van der Waals surface area contributed by atoms with Gasteiger partial charge in [0.2, 0.25) is 0 Å². The number of hydrogen-bond acceptors (Lipinski definition) is 5. The largest absolute Gasteiger partial charge is 0.507 e. The van der Waals surface area contributed by atoms with Crippen molar-refractivity contribution >= 4 is 5.97 Å². The SMILES string of the molecule is C=C(C)C1CCC(C)(O)C2Oc3cc(CCCCC)c(C(=O)OC)c(O)c3C12. The van der Waals surface area contributed by atoms with Gasteiger partial charge in [-0.3, -0.25) is 0 Å². The van der Waals surface area contributed by atoms with Crippen LogP contribution in [0.25, 0.3) is 0 Å². The van der Waals surface area contributed by atoms with Crippen molar-refractivity contribution in [2.45, 2.75) is 76.9 Å². The second kappa shape index (κ2) is 7.78. The Bertz CT molecular complexity index is 780. The molecule has 28 heavy (non-hydrogen) atoms. The number of phenolic OH excluding ortho intramolecular Hbond substituents is 1. The Morgan fingerprint density at radius 3 is 2.75 bits per heavy atom. The van der Waals surface area contributed by atoms with Crippen LogP contribution in [0.2, 0.25) is 0 Å². The van der Waals surface area contributed by atoms with Crippen molar-refractivity contribution in [1.82, 2.24) is 0 Å². The fourth-order valence-corrected chi connectivity index (χ4v) is 4.83. The van der Waals surface area contributed by atoms with Crippen molar-refractivity contribution < 1.29 is 24.5 Å². The van der Waals surface area contributed by atoms with E-state index in [1.165, 1.54) is 7.11 Å². The molecule has 0 saturated heterocycles. The second-order valence-corrected chi connectivity index (χ2v) is 8.53. The van der Waals surface area contributed by atoms with E-state index in [1.807, 2.05) is 13.0 Å². The fourth-order valence-electron chi connectivity index (χ4n) is 4.83. The lowest BCUT2D eigenvalue weighted by molar-refractivity contribution is -0.0824. The van der Waals surface area contributed by atoms with Crippen molar-refractivity contribution in [2.75, 3.05) is 7.11 Å². The van der Waals surface area contributed by atoms with Crippen LogP contribution in [0.4, 0.5) is 0 Å². The van der Waals surface area contributed by atoms with E-state index in [0.29, 0.717) is 24.2 Å². The summed E-state index contributed by atoms with van der Waals surface area (Å²) in [7, 11) is 1.33. The second-order valence-electron chi connectivity index (χ2n) is 8.53. The van der Waals surface area contributed by atoms with Crippen LogP contribution in [-0.2, 0) is 11.2 Å². The number of aliphatic hydroxyl groups is 1. The van der Waals surface area contributed by atoms with Gasteiger partial charge in [0.25, 0.3) is 0 Å². The lowest BCUT2D eigenvalue weighted by Gasteiger charge is -2.42. The molecule has 0 bridgehead atoms. The van der Waals surface area contributed by atoms with E-state index < -0.39 is 17.7 Å². The van der Waals surface area contributed by atoms with Gasteiger partial charge in [0.15, 0.2) is 0 Å². The van der Waals surface area contributed by atoms with E-state index in [9.17, 15) is 15.0 Å². The normalized spacial score (nSPS) is 28.2. The summed E-state index contributed by atoms with van der Waals surface area (Å²) in [5, 5.41) is 22.1. The van der Waals surface area contributed by atoms with E-state index in [2.05, 4.69) is 13.5 Å². The summed E-state index contributed by atoms with van der Waals surface area (Å²) in [5.41, 5.74) is 1.56. The highest BCUT2D eigenvalue weighted by Gasteiger charge is 2.54.